The molecule has 2 nitrogen and oxygen atoms in total. The molecule has 17 heavy (non-hydrogen) atoms. The van der Waals surface area contributed by atoms with E-state index in [0.29, 0.717) is 17.3 Å². The molecule has 0 saturated heterocycles. The molecule has 2 aliphatic carbocycles. The topological polar surface area (TPSA) is 26.3 Å². The Hall–Kier alpha value is -1.05. The summed E-state index contributed by atoms with van der Waals surface area (Å²) in [7, 11) is 0. The highest BCUT2D eigenvalue weighted by atomic mass is 16.5. The number of esters is 1. The van der Waals surface area contributed by atoms with Crippen LogP contribution in [0.3, 0.4) is 0 Å². The quantitative estimate of drug-likeness (QED) is 0.598. The van der Waals surface area contributed by atoms with Gasteiger partial charge in [-0.1, -0.05) is 19.4 Å². The largest absolute Gasteiger partial charge is 0.431 e. The summed E-state index contributed by atoms with van der Waals surface area (Å²) in [6, 6.07) is 0. The van der Waals surface area contributed by atoms with Gasteiger partial charge in [-0.2, -0.15) is 0 Å². The maximum absolute atomic E-state index is 12.0. The molecule has 2 heteroatoms. The van der Waals surface area contributed by atoms with Crippen LogP contribution in [0.25, 0.3) is 0 Å². The first-order chi connectivity index (χ1) is 7.94. The van der Waals surface area contributed by atoms with Crippen LogP contribution in [0.4, 0.5) is 0 Å². The zero-order valence-electron chi connectivity index (χ0n) is 11.0. The lowest BCUT2D eigenvalue weighted by Crippen LogP contribution is -2.24. The van der Waals surface area contributed by atoms with Crippen molar-refractivity contribution < 1.29 is 9.53 Å². The number of hydrogen-bond acceptors (Lipinski definition) is 2. The number of hydrogen-bond donors (Lipinski definition) is 0. The molecule has 0 aromatic heterocycles. The van der Waals surface area contributed by atoms with Gasteiger partial charge in [-0.05, 0) is 49.5 Å². The van der Waals surface area contributed by atoms with Gasteiger partial charge < -0.3 is 4.74 Å². The molecule has 3 atom stereocenters. The lowest BCUT2D eigenvalue weighted by atomic mass is 9.81. The molecule has 0 bridgehead atoms. The number of cyclic esters (lactones) is 1. The van der Waals surface area contributed by atoms with E-state index in [1.165, 1.54) is 17.6 Å². The van der Waals surface area contributed by atoms with E-state index in [9.17, 15) is 4.79 Å². The first-order valence-corrected chi connectivity index (χ1v) is 6.52. The van der Waals surface area contributed by atoms with Crippen LogP contribution in [0, 0.1) is 23.2 Å². The van der Waals surface area contributed by atoms with Crippen molar-refractivity contribution in [2.24, 2.45) is 23.2 Å². The average molecular weight is 232 g/mol. The van der Waals surface area contributed by atoms with Crippen molar-refractivity contribution in [1.29, 1.82) is 0 Å². The monoisotopic (exact) mass is 232 g/mol. The van der Waals surface area contributed by atoms with Gasteiger partial charge in [-0.3, -0.25) is 0 Å². The van der Waals surface area contributed by atoms with Gasteiger partial charge in [0.1, 0.15) is 0 Å². The van der Waals surface area contributed by atoms with E-state index in [1.54, 1.807) is 6.26 Å². The highest BCUT2D eigenvalue weighted by molar-refractivity contribution is 5.92. The van der Waals surface area contributed by atoms with Crippen molar-refractivity contribution in [3.8, 4) is 0 Å². The second-order valence-corrected chi connectivity index (χ2v) is 6.43. The van der Waals surface area contributed by atoms with Gasteiger partial charge in [0.25, 0.3) is 0 Å². The molecule has 3 aliphatic rings. The van der Waals surface area contributed by atoms with Crippen LogP contribution in [0.5, 0.6) is 0 Å². The number of rotatable bonds is 0. The molecule has 1 saturated carbocycles. The van der Waals surface area contributed by atoms with E-state index in [2.05, 4.69) is 27.7 Å². The zero-order valence-corrected chi connectivity index (χ0v) is 11.0. The molecule has 92 valence electrons. The third-order valence-corrected chi connectivity index (χ3v) is 5.16. The molecule has 0 radical (unpaired) electrons. The average Bonchev–Trinajstić information content (AvgIpc) is 2.84. The highest BCUT2D eigenvalue weighted by Gasteiger charge is 2.63. The van der Waals surface area contributed by atoms with Gasteiger partial charge in [-0.15, -0.1) is 0 Å². The van der Waals surface area contributed by atoms with Crippen LogP contribution in [-0.2, 0) is 9.53 Å². The molecule has 0 spiro atoms. The first kappa shape index (κ1) is 11.1. The summed E-state index contributed by atoms with van der Waals surface area (Å²) in [4.78, 5) is 12.0. The third-order valence-electron chi connectivity index (χ3n) is 5.16. The molecule has 3 unspecified atom stereocenters. The van der Waals surface area contributed by atoms with Crippen LogP contribution in [0.1, 0.15) is 40.5 Å². The summed E-state index contributed by atoms with van der Waals surface area (Å²) in [5.41, 5.74) is 3.82. The standard InChI is InChI=1S/C15H20O2/c1-8-5-6-10-13(15(10,3)4)11-9(2)7-17-14(16)12(8)11/h7,10-11,13H,5-6H2,1-4H3. The van der Waals surface area contributed by atoms with Crippen LogP contribution < -0.4 is 0 Å². The molecule has 1 fully saturated rings. The van der Waals surface area contributed by atoms with Gasteiger partial charge in [0, 0.05) is 11.5 Å². The van der Waals surface area contributed by atoms with Crippen molar-refractivity contribution in [3.05, 3.63) is 23.0 Å². The predicted octanol–water partition coefficient (Wildman–Crippen LogP) is 3.45. The Morgan fingerprint density at radius 1 is 1.35 bits per heavy atom. The Labute approximate surface area is 103 Å². The molecular formula is C15H20O2. The minimum absolute atomic E-state index is 0.110. The van der Waals surface area contributed by atoms with E-state index >= 15 is 0 Å². The maximum atomic E-state index is 12.0. The Bertz CT molecular complexity index is 454. The van der Waals surface area contributed by atoms with Crippen LogP contribution in [-0.4, -0.2) is 5.97 Å². The Kier molecular flexibility index (Phi) is 2.11. The molecule has 0 amide bonds. The van der Waals surface area contributed by atoms with Gasteiger partial charge >= 0.3 is 5.97 Å². The van der Waals surface area contributed by atoms with E-state index in [4.69, 9.17) is 4.74 Å². The summed E-state index contributed by atoms with van der Waals surface area (Å²) in [5, 5.41) is 0. The number of carbonyl (C=O) groups is 1. The zero-order chi connectivity index (χ0) is 12.4. The normalized spacial score (nSPS) is 38.7. The fourth-order valence-electron chi connectivity index (χ4n) is 4.05. The Morgan fingerprint density at radius 2 is 2.06 bits per heavy atom. The van der Waals surface area contributed by atoms with Gasteiger partial charge in [0.2, 0.25) is 0 Å². The summed E-state index contributed by atoms with van der Waals surface area (Å²) in [6.45, 7) is 8.88. The van der Waals surface area contributed by atoms with Crippen molar-refractivity contribution in [2.45, 2.75) is 40.5 Å². The lowest BCUT2D eigenvalue weighted by Gasteiger charge is -2.26. The molecular weight excluding hydrogens is 212 g/mol. The molecule has 1 aliphatic heterocycles. The fourth-order valence-corrected chi connectivity index (χ4v) is 4.05. The van der Waals surface area contributed by atoms with Crippen molar-refractivity contribution in [2.75, 3.05) is 0 Å². The Balaban J connectivity index is 2.11. The summed E-state index contributed by atoms with van der Waals surface area (Å²) in [5.74, 6) is 1.62. The summed E-state index contributed by atoms with van der Waals surface area (Å²) < 4.78 is 5.16. The summed E-state index contributed by atoms with van der Waals surface area (Å²) >= 11 is 0. The second-order valence-electron chi connectivity index (χ2n) is 6.43. The number of fused-ring (bicyclic) bond motifs is 3. The summed E-state index contributed by atoms with van der Waals surface area (Å²) in [6.07, 6.45) is 3.95. The van der Waals surface area contributed by atoms with Gasteiger partial charge in [0.15, 0.2) is 0 Å². The predicted molar refractivity (Wildman–Crippen MR) is 66.0 cm³/mol. The molecule has 1 heterocycles. The Morgan fingerprint density at radius 3 is 2.76 bits per heavy atom. The maximum Gasteiger partial charge on any atom is 0.339 e. The SMILES string of the molecule is CC1=COC(=O)C2=C(C)CCC3C(C12)C3(C)C. The second kappa shape index (κ2) is 3.24. The fraction of sp³-hybridized carbons (Fsp3) is 0.667. The molecule has 0 N–H and O–H groups in total. The molecule has 3 rings (SSSR count). The van der Waals surface area contributed by atoms with Crippen molar-refractivity contribution in [3.63, 3.8) is 0 Å². The number of allylic oxidation sites excluding steroid dienone is 2. The molecule has 0 aromatic carbocycles. The van der Waals surface area contributed by atoms with Crippen molar-refractivity contribution >= 4 is 5.97 Å². The smallest absolute Gasteiger partial charge is 0.339 e. The highest BCUT2D eigenvalue weighted by Crippen LogP contribution is 2.68. The third kappa shape index (κ3) is 1.36. The number of ether oxygens (including phenoxy) is 1. The minimum Gasteiger partial charge on any atom is -0.431 e. The number of carbonyl (C=O) groups excluding carboxylic acids is 1. The van der Waals surface area contributed by atoms with E-state index < -0.39 is 0 Å². The van der Waals surface area contributed by atoms with Crippen molar-refractivity contribution in [1.82, 2.24) is 0 Å². The van der Waals surface area contributed by atoms with E-state index in [1.807, 2.05) is 0 Å². The lowest BCUT2D eigenvalue weighted by molar-refractivity contribution is -0.135. The van der Waals surface area contributed by atoms with Gasteiger partial charge in [0.05, 0.1) is 6.26 Å². The first-order valence-electron chi connectivity index (χ1n) is 6.52. The van der Waals surface area contributed by atoms with Gasteiger partial charge in [-0.25, -0.2) is 4.79 Å². The van der Waals surface area contributed by atoms with E-state index in [0.717, 1.165) is 17.9 Å². The van der Waals surface area contributed by atoms with Crippen LogP contribution >= 0.6 is 0 Å². The van der Waals surface area contributed by atoms with Crippen LogP contribution in [0.2, 0.25) is 0 Å². The molecule has 0 aromatic rings. The van der Waals surface area contributed by atoms with E-state index in [-0.39, 0.29) is 5.97 Å². The van der Waals surface area contributed by atoms with Crippen LogP contribution in [0.15, 0.2) is 23.0 Å². The minimum atomic E-state index is -0.110.